The molecule has 0 fully saturated rings. The molecule has 1 heterocycles. The van der Waals surface area contributed by atoms with Crippen LogP contribution in [0.5, 0.6) is 0 Å². The predicted molar refractivity (Wildman–Crippen MR) is 84.9 cm³/mol. The van der Waals surface area contributed by atoms with Crippen LogP contribution in [0, 0.1) is 0 Å². The lowest BCUT2D eigenvalue weighted by Gasteiger charge is -2.13. The predicted octanol–water partition coefficient (Wildman–Crippen LogP) is 4.29. The van der Waals surface area contributed by atoms with Crippen LogP contribution in [0.2, 0.25) is 0 Å². The number of ether oxygens (including phenoxy) is 1. The van der Waals surface area contributed by atoms with E-state index in [-0.39, 0.29) is 11.8 Å². The quantitative estimate of drug-likeness (QED) is 0.560. The smallest absolute Gasteiger partial charge is 0.306 e. The summed E-state index contributed by atoms with van der Waals surface area (Å²) in [4.78, 5) is 23.9. The first-order chi connectivity index (χ1) is 10.2. The van der Waals surface area contributed by atoms with Crippen LogP contribution in [0.1, 0.15) is 58.3 Å². The van der Waals surface area contributed by atoms with E-state index in [0.717, 1.165) is 32.1 Å². The van der Waals surface area contributed by atoms with Gasteiger partial charge in [-0.25, -0.2) is 0 Å². The highest BCUT2D eigenvalue weighted by Crippen LogP contribution is 2.10. The number of carbonyl (C=O) groups is 2. The molecule has 116 valence electrons. The number of hydrogen-bond acceptors (Lipinski definition) is 3. The Morgan fingerprint density at radius 3 is 2.95 bits per heavy atom. The molecule has 0 bridgehead atoms. The van der Waals surface area contributed by atoms with Gasteiger partial charge in [0.05, 0.1) is 0 Å². The Hall–Kier alpha value is -1.64. The van der Waals surface area contributed by atoms with Gasteiger partial charge in [0.2, 0.25) is 0 Å². The number of Topliss-reactive ketones (excluding diaryl/α,β-unsaturated/α-hetero) is 1. The van der Waals surface area contributed by atoms with E-state index in [1.165, 1.54) is 0 Å². The summed E-state index contributed by atoms with van der Waals surface area (Å²) in [6, 6.07) is 0. The summed E-state index contributed by atoms with van der Waals surface area (Å²) in [6.45, 7) is 2.06. The zero-order valence-electron chi connectivity index (χ0n) is 12.9. The fourth-order valence-corrected chi connectivity index (χ4v) is 2.09. The van der Waals surface area contributed by atoms with Gasteiger partial charge in [-0.1, -0.05) is 37.3 Å². The lowest BCUT2D eigenvalue weighted by atomic mass is 10.1. The molecule has 0 aliphatic carbocycles. The largest absolute Gasteiger partial charge is 0.450 e. The molecule has 0 amide bonds. The van der Waals surface area contributed by atoms with Crippen molar-refractivity contribution in [2.24, 2.45) is 0 Å². The molecule has 0 aromatic rings. The van der Waals surface area contributed by atoms with Crippen LogP contribution in [-0.2, 0) is 14.3 Å². The van der Waals surface area contributed by atoms with Crippen LogP contribution in [0.3, 0.4) is 0 Å². The van der Waals surface area contributed by atoms with Gasteiger partial charge < -0.3 is 4.74 Å². The molecule has 1 rings (SSSR count). The lowest BCUT2D eigenvalue weighted by Crippen LogP contribution is -2.25. The van der Waals surface area contributed by atoms with Gasteiger partial charge >= 0.3 is 5.97 Å². The fraction of sp³-hybridized carbons (Fsp3) is 0.556. The molecule has 0 saturated carbocycles. The SMILES string of the molecule is CC/C=C\CCC(=O)C1/C=C\C/C=C\CCCCC(=O)O1. The van der Waals surface area contributed by atoms with E-state index in [1.807, 2.05) is 18.2 Å². The topological polar surface area (TPSA) is 43.4 Å². The highest BCUT2D eigenvalue weighted by Gasteiger charge is 2.19. The highest BCUT2D eigenvalue weighted by molar-refractivity contribution is 5.87. The normalized spacial score (nSPS) is 23.9. The molecule has 1 aliphatic rings. The first-order valence-electron chi connectivity index (χ1n) is 7.93. The molecule has 0 saturated heterocycles. The number of allylic oxidation sites excluding steroid dienone is 5. The van der Waals surface area contributed by atoms with Crippen molar-refractivity contribution in [3.05, 3.63) is 36.5 Å². The van der Waals surface area contributed by atoms with E-state index in [2.05, 4.69) is 19.1 Å². The third-order valence-corrected chi connectivity index (χ3v) is 3.29. The van der Waals surface area contributed by atoms with Crippen molar-refractivity contribution in [2.45, 2.75) is 64.4 Å². The summed E-state index contributed by atoms with van der Waals surface area (Å²) in [5.74, 6) is -0.298. The van der Waals surface area contributed by atoms with Crippen LogP contribution in [0.4, 0.5) is 0 Å². The number of cyclic esters (lactones) is 1. The second-order valence-electron chi connectivity index (χ2n) is 5.18. The minimum atomic E-state index is -0.722. The standard InChI is InChI=1S/C18H26O3/c1-2-3-4-10-13-16(19)17-14-11-8-6-5-7-9-12-15-18(20)21-17/h3-6,11,14,17H,2,7-10,12-13,15H2,1H3/b4-3-,6-5-,14-11-. The summed E-state index contributed by atoms with van der Waals surface area (Å²) < 4.78 is 5.32. The van der Waals surface area contributed by atoms with Gasteiger partial charge in [-0.15, -0.1) is 0 Å². The number of hydrogen-bond donors (Lipinski definition) is 0. The molecule has 3 nitrogen and oxygen atoms in total. The van der Waals surface area contributed by atoms with Crippen molar-refractivity contribution < 1.29 is 14.3 Å². The molecule has 1 unspecified atom stereocenters. The zero-order valence-corrected chi connectivity index (χ0v) is 12.9. The summed E-state index contributed by atoms with van der Waals surface area (Å²) in [6.07, 6.45) is 17.2. The van der Waals surface area contributed by atoms with Crippen LogP contribution in [0.15, 0.2) is 36.5 Å². The average molecular weight is 290 g/mol. The Bertz CT molecular complexity index is 405. The van der Waals surface area contributed by atoms with Crippen LogP contribution in [-0.4, -0.2) is 17.9 Å². The molecular formula is C18H26O3. The van der Waals surface area contributed by atoms with E-state index in [0.29, 0.717) is 19.3 Å². The maximum absolute atomic E-state index is 12.1. The van der Waals surface area contributed by atoms with Gasteiger partial charge in [-0.2, -0.15) is 0 Å². The summed E-state index contributed by atoms with van der Waals surface area (Å²) >= 11 is 0. The van der Waals surface area contributed by atoms with E-state index in [4.69, 9.17) is 4.74 Å². The first-order valence-corrected chi connectivity index (χ1v) is 7.93. The molecule has 0 aromatic heterocycles. The van der Waals surface area contributed by atoms with Gasteiger partial charge in [0.1, 0.15) is 0 Å². The Morgan fingerprint density at radius 1 is 1.29 bits per heavy atom. The number of rotatable bonds is 5. The van der Waals surface area contributed by atoms with Crippen molar-refractivity contribution in [2.75, 3.05) is 0 Å². The van der Waals surface area contributed by atoms with Gasteiger partial charge in [-0.05, 0) is 44.6 Å². The summed E-state index contributed by atoms with van der Waals surface area (Å²) in [5, 5.41) is 0. The van der Waals surface area contributed by atoms with E-state index in [9.17, 15) is 9.59 Å². The molecule has 1 aliphatic heterocycles. The molecule has 0 N–H and O–H groups in total. The zero-order chi connectivity index (χ0) is 15.3. The molecule has 3 heteroatoms. The molecule has 0 radical (unpaired) electrons. The van der Waals surface area contributed by atoms with Crippen LogP contribution >= 0.6 is 0 Å². The molecule has 1 atom stereocenters. The maximum atomic E-state index is 12.1. The highest BCUT2D eigenvalue weighted by atomic mass is 16.5. The van der Waals surface area contributed by atoms with Crippen molar-refractivity contribution in [1.82, 2.24) is 0 Å². The van der Waals surface area contributed by atoms with E-state index in [1.54, 1.807) is 6.08 Å². The van der Waals surface area contributed by atoms with E-state index >= 15 is 0 Å². The van der Waals surface area contributed by atoms with Crippen molar-refractivity contribution in [3.63, 3.8) is 0 Å². The molecule has 0 aromatic carbocycles. The second kappa shape index (κ2) is 11.1. The first kappa shape index (κ1) is 17.4. The molecular weight excluding hydrogens is 264 g/mol. The fourth-order valence-electron chi connectivity index (χ4n) is 2.09. The van der Waals surface area contributed by atoms with Crippen LogP contribution < -0.4 is 0 Å². The lowest BCUT2D eigenvalue weighted by molar-refractivity contribution is -0.152. The van der Waals surface area contributed by atoms with Crippen molar-refractivity contribution in [1.29, 1.82) is 0 Å². The minimum Gasteiger partial charge on any atom is -0.450 e. The van der Waals surface area contributed by atoms with Gasteiger partial charge in [0, 0.05) is 12.8 Å². The Labute approximate surface area is 127 Å². The summed E-state index contributed by atoms with van der Waals surface area (Å²) in [5.41, 5.74) is 0. The van der Waals surface area contributed by atoms with Gasteiger partial charge in [0.25, 0.3) is 0 Å². The number of ketones is 1. The molecule has 0 spiro atoms. The number of esters is 1. The third kappa shape index (κ3) is 8.28. The van der Waals surface area contributed by atoms with Gasteiger partial charge in [-0.3, -0.25) is 9.59 Å². The number of carbonyl (C=O) groups excluding carboxylic acids is 2. The monoisotopic (exact) mass is 290 g/mol. The maximum Gasteiger partial charge on any atom is 0.306 e. The Morgan fingerprint density at radius 2 is 2.14 bits per heavy atom. The van der Waals surface area contributed by atoms with Crippen molar-refractivity contribution >= 4 is 11.8 Å². The van der Waals surface area contributed by atoms with E-state index < -0.39 is 6.10 Å². The second-order valence-corrected chi connectivity index (χ2v) is 5.18. The average Bonchev–Trinajstić information content (AvgIpc) is 2.46. The molecule has 21 heavy (non-hydrogen) atoms. The van der Waals surface area contributed by atoms with Crippen LogP contribution in [0.25, 0.3) is 0 Å². The van der Waals surface area contributed by atoms with Gasteiger partial charge in [0.15, 0.2) is 11.9 Å². The Kier molecular flexibility index (Phi) is 9.18. The third-order valence-electron chi connectivity index (χ3n) is 3.29. The minimum absolute atomic E-state index is 0.0265. The van der Waals surface area contributed by atoms with Crippen molar-refractivity contribution in [3.8, 4) is 0 Å². The Balaban J connectivity index is 2.59. The summed E-state index contributed by atoms with van der Waals surface area (Å²) in [7, 11) is 0.